The number of hydrogen-bond donors (Lipinski definition) is 1. The molecule has 1 atom stereocenters. The Morgan fingerprint density at radius 2 is 2.04 bits per heavy atom. The molecule has 0 amide bonds. The number of carbonyl (C=O) groups excluding carboxylic acids is 1. The van der Waals surface area contributed by atoms with E-state index in [1.165, 1.54) is 6.33 Å². The SMILES string of the molecule is C=CC(OCCOC(=O)c1ccccc1)n1cnc2c(N)ncnc21. The third-order valence-electron chi connectivity index (χ3n) is 3.48. The highest BCUT2D eigenvalue weighted by atomic mass is 16.6. The average molecular weight is 339 g/mol. The van der Waals surface area contributed by atoms with Crippen LogP contribution in [0.3, 0.4) is 0 Å². The molecule has 0 bridgehead atoms. The smallest absolute Gasteiger partial charge is 0.338 e. The van der Waals surface area contributed by atoms with Crippen molar-refractivity contribution in [2.24, 2.45) is 0 Å². The molecule has 0 spiro atoms. The van der Waals surface area contributed by atoms with Gasteiger partial charge in [0.05, 0.1) is 18.5 Å². The van der Waals surface area contributed by atoms with Gasteiger partial charge in [-0.15, -0.1) is 0 Å². The van der Waals surface area contributed by atoms with Crippen molar-refractivity contribution in [3.05, 3.63) is 61.2 Å². The molecule has 0 saturated heterocycles. The number of nitrogen functional groups attached to an aromatic ring is 1. The van der Waals surface area contributed by atoms with Crippen molar-refractivity contribution in [2.45, 2.75) is 6.23 Å². The van der Waals surface area contributed by atoms with Crippen LogP contribution in [-0.4, -0.2) is 38.7 Å². The van der Waals surface area contributed by atoms with Crippen LogP contribution < -0.4 is 5.73 Å². The molecule has 1 unspecified atom stereocenters. The van der Waals surface area contributed by atoms with Gasteiger partial charge in [0.2, 0.25) is 0 Å². The van der Waals surface area contributed by atoms with E-state index in [9.17, 15) is 4.79 Å². The second-order valence-electron chi connectivity index (χ2n) is 5.08. The van der Waals surface area contributed by atoms with E-state index >= 15 is 0 Å². The predicted octanol–water partition coefficient (Wildman–Crippen LogP) is 1.97. The first-order chi connectivity index (χ1) is 12.2. The Bertz CT molecular complexity index is 878. The van der Waals surface area contributed by atoms with E-state index in [1.54, 1.807) is 41.2 Å². The summed E-state index contributed by atoms with van der Waals surface area (Å²) in [4.78, 5) is 24.1. The Morgan fingerprint density at radius 1 is 1.24 bits per heavy atom. The van der Waals surface area contributed by atoms with Crippen molar-refractivity contribution in [2.75, 3.05) is 18.9 Å². The molecule has 0 radical (unpaired) electrons. The van der Waals surface area contributed by atoms with Gasteiger partial charge in [-0.25, -0.2) is 19.7 Å². The quantitative estimate of drug-likeness (QED) is 0.398. The van der Waals surface area contributed by atoms with E-state index in [1.807, 2.05) is 6.07 Å². The van der Waals surface area contributed by atoms with E-state index < -0.39 is 12.2 Å². The fourth-order valence-corrected chi connectivity index (χ4v) is 2.28. The zero-order chi connectivity index (χ0) is 17.6. The summed E-state index contributed by atoms with van der Waals surface area (Å²) in [6.45, 7) is 4.05. The first-order valence-electron chi connectivity index (χ1n) is 7.60. The van der Waals surface area contributed by atoms with Crippen LogP contribution in [0.5, 0.6) is 0 Å². The Balaban J connectivity index is 1.58. The molecule has 0 saturated carbocycles. The number of imidazole rings is 1. The number of carbonyl (C=O) groups is 1. The Morgan fingerprint density at radius 3 is 2.80 bits per heavy atom. The highest BCUT2D eigenvalue weighted by Crippen LogP contribution is 2.20. The summed E-state index contributed by atoms with van der Waals surface area (Å²) >= 11 is 0. The number of nitrogens with two attached hydrogens (primary N) is 1. The van der Waals surface area contributed by atoms with Gasteiger partial charge in [0, 0.05) is 0 Å². The molecular weight excluding hydrogens is 322 g/mol. The molecule has 25 heavy (non-hydrogen) atoms. The second-order valence-corrected chi connectivity index (χ2v) is 5.08. The second kappa shape index (κ2) is 7.54. The van der Waals surface area contributed by atoms with E-state index in [2.05, 4.69) is 21.5 Å². The molecule has 3 rings (SSSR count). The van der Waals surface area contributed by atoms with Crippen LogP contribution in [0.25, 0.3) is 11.2 Å². The van der Waals surface area contributed by atoms with E-state index in [0.29, 0.717) is 22.5 Å². The Kier molecular flexibility index (Phi) is 5.00. The molecule has 2 heterocycles. The van der Waals surface area contributed by atoms with Gasteiger partial charge < -0.3 is 15.2 Å². The average Bonchev–Trinajstić information content (AvgIpc) is 3.08. The molecule has 0 aliphatic heterocycles. The number of fused-ring (bicyclic) bond motifs is 1. The third kappa shape index (κ3) is 3.64. The maximum absolute atomic E-state index is 11.9. The zero-order valence-corrected chi connectivity index (χ0v) is 13.4. The molecule has 0 fully saturated rings. The largest absolute Gasteiger partial charge is 0.460 e. The van der Waals surface area contributed by atoms with Crippen molar-refractivity contribution < 1.29 is 14.3 Å². The normalized spacial score (nSPS) is 12.0. The number of anilines is 1. The molecule has 0 aliphatic rings. The summed E-state index contributed by atoms with van der Waals surface area (Å²) in [7, 11) is 0. The van der Waals surface area contributed by atoms with Crippen LogP contribution in [-0.2, 0) is 9.47 Å². The number of hydrogen-bond acceptors (Lipinski definition) is 7. The fraction of sp³-hybridized carbons (Fsp3) is 0.176. The summed E-state index contributed by atoms with van der Waals surface area (Å²) in [6.07, 6.45) is 3.99. The maximum Gasteiger partial charge on any atom is 0.338 e. The number of esters is 1. The van der Waals surface area contributed by atoms with Gasteiger partial charge in [-0.05, 0) is 18.2 Å². The highest BCUT2D eigenvalue weighted by molar-refractivity contribution is 5.89. The first kappa shape index (κ1) is 16.6. The molecule has 8 heteroatoms. The summed E-state index contributed by atoms with van der Waals surface area (Å²) < 4.78 is 12.6. The van der Waals surface area contributed by atoms with Gasteiger partial charge in [0.15, 0.2) is 17.7 Å². The highest BCUT2D eigenvalue weighted by Gasteiger charge is 2.14. The van der Waals surface area contributed by atoms with Gasteiger partial charge in [0.1, 0.15) is 18.5 Å². The number of rotatable bonds is 7. The molecule has 0 aliphatic carbocycles. The molecule has 3 aromatic rings. The van der Waals surface area contributed by atoms with Gasteiger partial charge >= 0.3 is 5.97 Å². The lowest BCUT2D eigenvalue weighted by atomic mass is 10.2. The maximum atomic E-state index is 11.9. The van der Waals surface area contributed by atoms with Gasteiger partial charge in [0.25, 0.3) is 0 Å². The summed E-state index contributed by atoms with van der Waals surface area (Å²) in [6, 6.07) is 8.77. The monoisotopic (exact) mass is 339 g/mol. The number of nitrogens with zero attached hydrogens (tertiary/aromatic N) is 4. The van der Waals surface area contributed by atoms with Crippen LogP contribution in [0.2, 0.25) is 0 Å². The van der Waals surface area contributed by atoms with E-state index in [0.717, 1.165) is 0 Å². The van der Waals surface area contributed by atoms with Crippen LogP contribution in [0.15, 0.2) is 55.6 Å². The number of aromatic nitrogens is 4. The van der Waals surface area contributed by atoms with Crippen LogP contribution >= 0.6 is 0 Å². The van der Waals surface area contributed by atoms with Crippen molar-refractivity contribution in [1.82, 2.24) is 19.5 Å². The van der Waals surface area contributed by atoms with Crippen molar-refractivity contribution >= 4 is 23.0 Å². The Labute approximate surface area is 143 Å². The minimum Gasteiger partial charge on any atom is -0.460 e. The van der Waals surface area contributed by atoms with Gasteiger partial charge in [-0.2, -0.15) is 0 Å². The molecule has 128 valence electrons. The first-order valence-corrected chi connectivity index (χ1v) is 7.60. The molecule has 2 N–H and O–H groups in total. The van der Waals surface area contributed by atoms with Crippen molar-refractivity contribution in [1.29, 1.82) is 0 Å². The molecule has 8 nitrogen and oxygen atoms in total. The lowest BCUT2D eigenvalue weighted by molar-refractivity contribution is 0.000290. The van der Waals surface area contributed by atoms with Crippen LogP contribution in [0, 0.1) is 0 Å². The van der Waals surface area contributed by atoms with E-state index in [-0.39, 0.29) is 13.2 Å². The summed E-state index contributed by atoms with van der Waals surface area (Å²) in [5, 5.41) is 0. The number of ether oxygens (including phenoxy) is 2. The fourth-order valence-electron chi connectivity index (χ4n) is 2.28. The minimum absolute atomic E-state index is 0.113. The lowest BCUT2D eigenvalue weighted by Gasteiger charge is -2.15. The summed E-state index contributed by atoms with van der Waals surface area (Å²) in [5.74, 6) is -0.101. The number of benzene rings is 1. The van der Waals surface area contributed by atoms with Gasteiger partial charge in [-0.3, -0.25) is 4.57 Å². The van der Waals surface area contributed by atoms with E-state index in [4.69, 9.17) is 15.2 Å². The van der Waals surface area contributed by atoms with Crippen LogP contribution in [0.4, 0.5) is 5.82 Å². The standard InChI is InChI=1S/C17H17N5O3/c1-2-13(22-11-21-14-15(18)19-10-20-16(14)22)24-8-9-25-17(23)12-6-4-3-5-7-12/h2-7,10-11,13H,1,8-9H2,(H2,18,19,20). The predicted molar refractivity (Wildman–Crippen MR) is 91.6 cm³/mol. The lowest BCUT2D eigenvalue weighted by Crippen LogP contribution is -2.16. The van der Waals surface area contributed by atoms with Crippen molar-refractivity contribution in [3.8, 4) is 0 Å². The summed E-state index contributed by atoms with van der Waals surface area (Å²) in [5.41, 5.74) is 7.30. The topological polar surface area (TPSA) is 105 Å². The van der Waals surface area contributed by atoms with Crippen molar-refractivity contribution in [3.63, 3.8) is 0 Å². The zero-order valence-electron chi connectivity index (χ0n) is 13.4. The minimum atomic E-state index is -0.519. The molecule has 1 aromatic carbocycles. The van der Waals surface area contributed by atoms with Gasteiger partial charge in [-0.1, -0.05) is 24.8 Å². The molecular formula is C17H17N5O3. The third-order valence-corrected chi connectivity index (χ3v) is 3.48. The molecule has 2 aromatic heterocycles. The Hall–Kier alpha value is -3.26. The van der Waals surface area contributed by atoms with Crippen LogP contribution in [0.1, 0.15) is 16.6 Å².